The van der Waals surface area contributed by atoms with Crippen molar-refractivity contribution in [2.75, 3.05) is 0 Å². The molecule has 27 heavy (non-hydrogen) atoms. The van der Waals surface area contributed by atoms with Gasteiger partial charge >= 0.3 is 0 Å². The van der Waals surface area contributed by atoms with E-state index in [1.54, 1.807) is 47.7 Å². The van der Waals surface area contributed by atoms with E-state index in [2.05, 4.69) is 4.72 Å². The minimum absolute atomic E-state index is 0.225. The Morgan fingerprint density at radius 3 is 2.26 bits per heavy atom. The zero-order valence-corrected chi connectivity index (χ0v) is 16.6. The SMILES string of the molecule is O=S(=O)(N[C@@H](c1cc2ccccc2s1)c1ccccc1Cl)c1ccccc1. The summed E-state index contributed by atoms with van der Waals surface area (Å²) in [6.45, 7) is 0. The first kappa shape index (κ1) is 18.2. The van der Waals surface area contributed by atoms with Gasteiger partial charge in [0.2, 0.25) is 10.0 Å². The van der Waals surface area contributed by atoms with Crippen LogP contribution in [0.3, 0.4) is 0 Å². The Kier molecular flexibility index (Phi) is 5.02. The highest BCUT2D eigenvalue weighted by molar-refractivity contribution is 7.89. The molecule has 4 aromatic rings. The molecule has 0 aliphatic rings. The van der Waals surface area contributed by atoms with Crippen LogP contribution >= 0.6 is 22.9 Å². The van der Waals surface area contributed by atoms with Crippen molar-refractivity contribution in [1.82, 2.24) is 4.72 Å². The van der Waals surface area contributed by atoms with E-state index in [-0.39, 0.29) is 4.90 Å². The molecule has 0 radical (unpaired) electrons. The number of fused-ring (bicyclic) bond motifs is 1. The van der Waals surface area contributed by atoms with Crippen molar-refractivity contribution in [3.63, 3.8) is 0 Å². The van der Waals surface area contributed by atoms with Crippen LogP contribution in [0.4, 0.5) is 0 Å². The monoisotopic (exact) mass is 413 g/mol. The number of nitrogens with one attached hydrogen (secondary N) is 1. The summed E-state index contributed by atoms with van der Waals surface area (Å²) in [5.41, 5.74) is 0.727. The second-order valence-electron chi connectivity index (χ2n) is 6.08. The van der Waals surface area contributed by atoms with Crippen molar-refractivity contribution < 1.29 is 8.42 Å². The highest BCUT2D eigenvalue weighted by Gasteiger charge is 2.25. The van der Waals surface area contributed by atoms with Gasteiger partial charge in [-0.2, -0.15) is 4.72 Å². The van der Waals surface area contributed by atoms with E-state index in [4.69, 9.17) is 11.6 Å². The Balaban J connectivity index is 1.83. The Labute approximate surface area is 167 Å². The summed E-state index contributed by atoms with van der Waals surface area (Å²) in [5, 5.41) is 1.60. The second-order valence-corrected chi connectivity index (χ2v) is 9.31. The molecule has 6 heteroatoms. The quantitative estimate of drug-likeness (QED) is 0.461. The van der Waals surface area contributed by atoms with Crippen molar-refractivity contribution in [3.05, 3.63) is 100 Å². The second kappa shape index (κ2) is 7.44. The number of hydrogen-bond acceptors (Lipinski definition) is 3. The van der Waals surface area contributed by atoms with Crippen molar-refractivity contribution in [2.45, 2.75) is 10.9 Å². The zero-order valence-electron chi connectivity index (χ0n) is 14.2. The third kappa shape index (κ3) is 3.77. The van der Waals surface area contributed by atoms with Crippen LogP contribution in [0.1, 0.15) is 16.5 Å². The van der Waals surface area contributed by atoms with Crippen LogP contribution in [0, 0.1) is 0 Å². The van der Waals surface area contributed by atoms with E-state index in [1.165, 1.54) is 0 Å². The lowest BCUT2D eigenvalue weighted by Crippen LogP contribution is -2.29. The van der Waals surface area contributed by atoms with Crippen LogP contribution in [0.5, 0.6) is 0 Å². The molecule has 1 aromatic heterocycles. The number of benzene rings is 3. The maximum absolute atomic E-state index is 13.0. The fourth-order valence-corrected chi connectivity index (χ4v) is 5.62. The zero-order chi connectivity index (χ0) is 18.9. The van der Waals surface area contributed by atoms with Gasteiger partial charge in [-0.25, -0.2) is 8.42 Å². The molecule has 0 saturated carbocycles. The lowest BCUT2D eigenvalue weighted by Gasteiger charge is -2.19. The van der Waals surface area contributed by atoms with Gasteiger partial charge in [0, 0.05) is 14.6 Å². The van der Waals surface area contributed by atoms with Crippen LogP contribution < -0.4 is 4.72 Å². The van der Waals surface area contributed by atoms with E-state index >= 15 is 0 Å². The Bertz CT molecular complexity index is 1150. The van der Waals surface area contributed by atoms with E-state index in [9.17, 15) is 8.42 Å². The molecule has 0 aliphatic carbocycles. The number of sulfonamides is 1. The maximum atomic E-state index is 13.0. The summed E-state index contributed by atoms with van der Waals surface area (Å²) < 4.78 is 29.9. The molecule has 0 spiro atoms. The summed E-state index contributed by atoms with van der Waals surface area (Å²) in [7, 11) is -3.71. The highest BCUT2D eigenvalue weighted by Crippen LogP contribution is 2.36. The normalized spacial score (nSPS) is 12.9. The van der Waals surface area contributed by atoms with Gasteiger partial charge in [0.15, 0.2) is 0 Å². The number of rotatable bonds is 5. The Hall–Kier alpha value is -2.18. The van der Waals surface area contributed by atoms with Crippen molar-refractivity contribution >= 4 is 43.0 Å². The van der Waals surface area contributed by atoms with Crippen LogP contribution in [0.2, 0.25) is 5.02 Å². The number of hydrogen-bond donors (Lipinski definition) is 1. The first-order valence-corrected chi connectivity index (χ1v) is 11.0. The van der Waals surface area contributed by atoms with Gasteiger partial charge in [-0.1, -0.05) is 66.2 Å². The van der Waals surface area contributed by atoms with E-state index in [0.717, 1.165) is 20.5 Å². The molecule has 0 unspecified atom stereocenters. The summed E-state index contributed by atoms with van der Waals surface area (Å²) in [4.78, 5) is 1.12. The third-order valence-electron chi connectivity index (χ3n) is 4.27. The van der Waals surface area contributed by atoms with Gasteiger partial charge in [0.25, 0.3) is 0 Å². The predicted molar refractivity (Wildman–Crippen MR) is 112 cm³/mol. The van der Waals surface area contributed by atoms with E-state index in [0.29, 0.717) is 5.02 Å². The van der Waals surface area contributed by atoms with Gasteiger partial charge in [-0.3, -0.25) is 0 Å². The summed E-state index contributed by atoms with van der Waals surface area (Å²) in [6.07, 6.45) is 0. The molecule has 3 aromatic carbocycles. The smallest absolute Gasteiger partial charge is 0.207 e. The molecular weight excluding hydrogens is 398 g/mol. The first-order valence-electron chi connectivity index (χ1n) is 8.35. The standard InChI is InChI=1S/C21H16ClNO2S2/c22-18-12-6-5-11-17(18)21(20-14-15-8-4-7-13-19(15)26-20)23-27(24,25)16-9-2-1-3-10-16/h1-14,21,23H/t21-/m1/s1. The number of halogens is 1. The van der Waals surface area contributed by atoms with Crippen LogP contribution in [-0.2, 0) is 10.0 Å². The molecule has 0 saturated heterocycles. The summed E-state index contributed by atoms with van der Waals surface area (Å²) in [6, 6.07) is 25.1. The molecular formula is C21H16ClNO2S2. The average Bonchev–Trinajstić information content (AvgIpc) is 3.11. The van der Waals surface area contributed by atoms with E-state index in [1.807, 2.05) is 48.5 Å². The third-order valence-corrected chi connectivity index (χ3v) is 7.24. The Morgan fingerprint density at radius 2 is 1.52 bits per heavy atom. The minimum atomic E-state index is -3.71. The van der Waals surface area contributed by atoms with Crippen molar-refractivity contribution in [1.29, 1.82) is 0 Å². The number of thiophene rings is 1. The van der Waals surface area contributed by atoms with Crippen molar-refractivity contribution in [3.8, 4) is 0 Å². The van der Waals surface area contributed by atoms with Gasteiger partial charge in [-0.15, -0.1) is 11.3 Å². The van der Waals surface area contributed by atoms with Crippen LogP contribution in [-0.4, -0.2) is 8.42 Å². The van der Waals surface area contributed by atoms with E-state index < -0.39 is 16.1 Å². The maximum Gasteiger partial charge on any atom is 0.241 e. The molecule has 0 amide bonds. The Morgan fingerprint density at radius 1 is 0.852 bits per heavy atom. The van der Waals surface area contributed by atoms with Gasteiger partial charge in [-0.05, 0) is 41.3 Å². The molecule has 3 nitrogen and oxygen atoms in total. The fourth-order valence-electron chi connectivity index (χ4n) is 2.95. The van der Waals surface area contributed by atoms with Gasteiger partial charge in [0.1, 0.15) is 0 Å². The molecule has 136 valence electrons. The first-order chi connectivity index (χ1) is 13.0. The summed E-state index contributed by atoms with van der Waals surface area (Å²) >= 11 is 7.97. The molecule has 0 aliphatic heterocycles. The van der Waals surface area contributed by atoms with Crippen molar-refractivity contribution in [2.24, 2.45) is 0 Å². The average molecular weight is 414 g/mol. The molecule has 4 rings (SSSR count). The van der Waals surface area contributed by atoms with Gasteiger partial charge < -0.3 is 0 Å². The molecule has 1 atom stereocenters. The largest absolute Gasteiger partial charge is 0.241 e. The molecule has 1 N–H and O–H groups in total. The topological polar surface area (TPSA) is 46.2 Å². The summed E-state index contributed by atoms with van der Waals surface area (Å²) in [5.74, 6) is 0. The molecule has 0 bridgehead atoms. The highest BCUT2D eigenvalue weighted by atomic mass is 35.5. The minimum Gasteiger partial charge on any atom is -0.207 e. The molecule has 1 heterocycles. The fraction of sp³-hybridized carbons (Fsp3) is 0.0476. The lowest BCUT2D eigenvalue weighted by atomic mass is 10.1. The van der Waals surface area contributed by atoms with Crippen LogP contribution in [0.15, 0.2) is 89.8 Å². The molecule has 0 fully saturated rings. The van der Waals surface area contributed by atoms with Gasteiger partial charge in [0.05, 0.1) is 10.9 Å². The van der Waals surface area contributed by atoms with Crippen LogP contribution in [0.25, 0.3) is 10.1 Å². The lowest BCUT2D eigenvalue weighted by molar-refractivity contribution is 0.573. The predicted octanol–water partition coefficient (Wildman–Crippen LogP) is 5.62.